The lowest BCUT2D eigenvalue weighted by molar-refractivity contribution is 0.917. The molecule has 2 aromatic rings. The zero-order valence-corrected chi connectivity index (χ0v) is 7.84. The highest BCUT2D eigenvalue weighted by atomic mass is 35.5. The molecule has 0 radical (unpaired) electrons. The van der Waals surface area contributed by atoms with Crippen molar-refractivity contribution in [1.29, 1.82) is 0 Å². The highest BCUT2D eigenvalue weighted by Crippen LogP contribution is 2.16. The number of rotatable bonds is 1. The molecule has 0 aliphatic carbocycles. The van der Waals surface area contributed by atoms with Crippen molar-refractivity contribution in [2.75, 3.05) is 0 Å². The van der Waals surface area contributed by atoms with Crippen LogP contribution in [0.3, 0.4) is 0 Å². The minimum atomic E-state index is 0.521. The molecular weight excluding hydrogens is 174 g/mol. The van der Waals surface area contributed by atoms with Crippen molar-refractivity contribution in [2.45, 2.75) is 12.8 Å². The molecule has 0 aliphatic rings. The zero-order chi connectivity index (χ0) is 8.72. The Balaban J connectivity index is 2.84. The molecule has 0 N–H and O–H groups in total. The van der Waals surface area contributed by atoms with E-state index in [4.69, 9.17) is 11.6 Å². The van der Waals surface area contributed by atoms with Crippen molar-refractivity contribution in [3.05, 3.63) is 23.7 Å². The SMILES string of the molecule is Cc1nn2ccn(C)c2c1CCl. The first-order valence-corrected chi connectivity index (χ1v) is 4.32. The van der Waals surface area contributed by atoms with Gasteiger partial charge in [-0.25, -0.2) is 4.52 Å². The highest BCUT2D eigenvalue weighted by Gasteiger charge is 2.09. The Labute approximate surface area is 75.6 Å². The molecule has 2 rings (SSSR count). The summed E-state index contributed by atoms with van der Waals surface area (Å²) in [6, 6.07) is 0. The molecule has 12 heavy (non-hydrogen) atoms. The number of fused-ring (bicyclic) bond motifs is 1. The van der Waals surface area contributed by atoms with Crippen LogP contribution in [0.1, 0.15) is 11.3 Å². The third-order valence-electron chi connectivity index (χ3n) is 2.08. The number of aromatic nitrogens is 3. The normalized spacial score (nSPS) is 11.2. The summed E-state index contributed by atoms with van der Waals surface area (Å²) in [5.41, 5.74) is 3.21. The molecule has 0 saturated carbocycles. The van der Waals surface area contributed by atoms with E-state index in [9.17, 15) is 0 Å². The lowest BCUT2D eigenvalue weighted by Crippen LogP contribution is -1.89. The number of hydrogen-bond acceptors (Lipinski definition) is 1. The van der Waals surface area contributed by atoms with E-state index in [1.807, 2.05) is 35.4 Å². The zero-order valence-electron chi connectivity index (χ0n) is 7.08. The van der Waals surface area contributed by atoms with Gasteiger partial charge in [-0.1, -0.05) is 0 Å². The molecule has 3 nitrogen and oxygen atoms in total. The van der Waals surface area contributed by atoms with E-state index < -0.39 is 0 Å². The fourth-order valence-electron chi connectivity index (χ4n) is 1.44. The lowest BCUT2D eigenvalue weighted by atomic mass is 10.3. The molecule has 0 aliphatic heterocycles. The van der Waals surface area contributed by atoms with Gasteiger partial charge in [0.25, 0.3) is 0 Å². The van der Waals surface area contributed by atoms with Gasteiger partial charge in [0.15, 0.2) is 0 Å². The molecule has 64 valence electrons. The maximum Gasteiger partial charge on any atom is 0.140 e. The van der Waals surface area contributed by atoms with Crippen molar-refractivity contribution in [1.82, 2.24) is 14.2 Å². The molecule has 0 saturated heterocycles. The molecule has 0 aromatic carbocycles. The van der Waals surface area contributed by atoms with Gasteiger partial charge in [-0.3, -0.25) is 0 Å². The molecule has 4 heteroatoms. The van der Waals surface area contributed by atoms with Crippen LogP contribution in [0.5, 0.6) is 0 Å². The van der Waals surface area contributed by atoms with E-state index in [-0.39, 0.29) is 0 Å². The maximum absolute atomic E-state index is 5.81. The summed E-state index contributed by atoms with van der Waals surface area (Å²) in [6.45, 7) is 1.98. The average Bonchev–Trinajstić information content (AvgIpc) is 2.52. The van der Waals surface area contributed by atoms with E-state index in [1.165, 1.54) is 0 Å². The second kappa shape index (κ2) is 2.52. The number of nitrogens with zero attached hydrogens (tertiary/aromatic N) is 3. The van der Waals surface area contributed by atoms with E-state index in [2.05, 4.69) is 5.10 Å². The van der Waals surface area contributed by atoms with Crippen LogP contribution in [-0.2, 0) is 12.9 Å². The Morgan fingerprint density at radius 3 is 2.92 bits per heavy atom. The molecule has 0 atom stereocenters. The molecule has 0 bridgehead atoms. The molecule has 0 fully saturated rings. The van der Waals surface area contributed by atoms with Gasteiger partial charge in [0, 0.05) is 25.0 Å². The van der Waals surface area contributed by atoms with Crippen LogP contribution in [0, 0.1) is 6.92 Å². The van der Waals surface area contributed by atoms with Crippen molar-refractivity contribution in [3.8, 4) is 0 Å². The first-order chi connectivity index (χ1) is 5.74. The summed E-state index contributed by atoms with van der Waals surface area (Å²) in [7, 11) is 1.99. The summed E-state index contributed by atoms with van der Waals surface area (Å²) in [6.07, 6.45) is 3.90. The molecule has 0 amide bonds. The predicted octanol–water partition coefficient (Wildman–Crippen LogP) is 1.72. The lowest BCUT2D eigenvalue weighted by Gasteiger charge is -1.94. The van der Waals surface area contributed by atoms with Gasteiger partial charge < -0.3 is 4.57 Å². The van der Waals surface area contributed by atoms with Crippen molar-refractivity contribution >= 4 is 17.2 Å². The smallest absolute Gasteiger partial charge is 0.140 e. The summed E-state index contributed by atoms with van der Waals surface area (Å²) >= 11 is 5.81. The molecule has 0 spiro atoms. The number of alkyl halides is 1. The quantitative estimate of drug-likeness (QED) is 0.618. The van der Waals surface area contributed by atoms with Crippen LogP contribution >= 0.6 is 11.6 Å². The predicted molar refractivity (Wildman–Crippen MR) is 48.5 cm³/mol. The Morgan fingerprint density at radius 2 is 2.25 bits per heavy atom. The minimum Gasteiger partial charge on any atom is -0.334 e. The van der Waals surface area contributed by atoms with Crippen molar-refractivity contribution in [3.63, 3.8) is 0 Å². The third-order valence-corrected chi connectivity index (χ3v) is 2.35. The minimum absolute atomic E-state index is 0.521. The van der Waals surface area contributed by atoms with Gasteiger partial charge >= 0.3 is 0 Å². The van der Waals surface area contributed by atoms with Gasteiger partial charge in [-0.05, 0) is 6.92 Å². The Morgan fingerprint density at radius 1 is 1.50 bits per heavy atom. The monoisotopic (exact) mass is 183 g/mol. The van der Waals surface area contributed by atoms with Crippen LogP contribution in [0.25, 0.3) is 5.65 Å². The third kappa shape index (κ3) is 0.862. The van der Waals surface area contributed by atoms with Crippen LogP contribution in [0.2, 0.25) is 0 Å². The Hall–Kier alpha value is -0.960. The summed E-state index contributed by atoms with van der Waals surface area (Å²) < 4.78 is 3.88. The van der Waals surface area contributed by atoms with Crippen LogP contribution in [-0.4, -0.2) is 14.2 Å². The molecular formula is C8H10ClN3. The van der Waals surface area contributed by atoms with E-state index in [1.54, 1.807) is 0 Å². The van der Waals surface area contributed by atoms with E-state index in [0.717, 1.165) is 16.9 Å². The maximum atomic E-state index is 5.81. The van der Waals surface area contributed by atoms with Gasteiger partial charge in [0.2, 0.25) is 0 Å². The number of imidazole rings is 1. The average molecular weight is 184 g/mol. The number of halogens is 1. The van der Waals surface area contributed by atoms with Gasteiger partial charge in [0.05, 0.1) is 11.6 Å². The van der Waals surface area contributed by atoms with Gasteiger partial charge in [-0.15, -0.1) is 11.6 Å². The van der Waals surface area contributed by atoms with Crippen molar-refractivity contribution < 1.29 is 0 Å². The van der Waals surface area contributed by atoms with Gasteiger partial charge in [-0.2, -0.15) is 5.10 Å². The molecule has 0 unspecified atom stereocenters. The van der Waals surface area contributed by atoms with E-state index >= 15 is 0 Å². The summed E-state index contributed by atoms with van der Waals surface area (Å²) in [5.74, 6) is 0.521. The molecule has 2 aromatic heterocycles. The number of hydrogen-bond donors (Lipinski definition) is 0. The fourth-order valence-corrected chi connectivity index (χ4v) is 1.75. The second-order valence-electron chi connectivity index (χ2n) is 2.87. The number of aryl methyl sites for hydroxylation is 2. The molecule has 2 heterocycles. The largest absolute Gasteiger partial charge is 0.334 e. The van der Waals surface area contributed by atoms with Crippen LogP contribution < -0.4 is 0 Å². The Kier molecular flexibility index (Phi) is 1.61. The summed E-state index contributed by atoms with van der Waals surface area (Å²) in [5, 5.41) is 4.32. The topological polar surface area (TPSA) is 22.2 Å². The summed E-state index contributed by atoms with van der Waals surface area (Å²) in [4.78, 5) is 0. The second-order valence-corrected chi connectivity index (χ2v) is 3.14. The van der Waals surface area contributed by atoms with Crippen molar-refractivity contribution in [2.24, 2.45) is 7.05 Å². The van der Waals surface area contributed by atoms with Crippen LogP contribution in [0.15, 0.2) is 12.4 Å². The Bertz CT molecular complexity index is 413. The standard InChI is InChI=1S/C8H10ClN3/c1-6-7(5-9)8-11(2)3-4-12(8)10-6/h3-4H,5H2,1-2H3. The van der Waals surface area contributed by atoms with Gasteiger partial charge in [0.1, 0.15) is 5.65 Å². The fraction of sp³-hybridized carbons (Fsp3) is 0.375. The first kappa shape index (κ1) is 7.68. The first-order valence-electron chi connectivity index (χ1n) is 3.79. The van der Waals surface area contributed by atoms with E-state index in [0.29, 0.717) is 5.88 Å². The highest BCUT2D eigenvalue weighted by molar-refractivity contribution is 6.17. The van der Waals surface area contributed by atoms with Crippen LogP contribution in [0.4, 0.5) is 0 Å².